The molecule has 0 saturated carbocycles. The molecule has 1 amide bonds. The number of benzene rings is 2. The number of morpholine rings is 1. The number of hydrogen-bond donors (Lipinski definition) is 1. The van der Waals surface area contributed by atoms with Crippen molar-refractivity contribution in [2.24, 2.45) is 0 Å². The number of carbonyl (C=O) groups is 1. The Morgan fingerprint density at radius 1 is 1.03 bits per heavy atom. The fourth-order valence-corrected chi connectivity index (χ4v) is 5.27. The Hall–Kier alpha value is -3.41. The van der Waals surface area contributed by atoms with Gasteiger partial charge in [-0.05, 0) is 62.4 Å². The summed E-state index contributed by atoms with van der Waals surface area (Å²) in [4.78, 5) is 25.0. The second-order valence-corrected chi connectivity index (χ2v) is 9.95. The fourth-order valence-electron chi connectivity index (χ4n) is 3.68. The lowest BCUT2D eigenvalue weighted by atomic mass is 10.3. The zero-order valence-electron chi connectivity index (χ0n) is 18.5. The van der Waals surface area contributed by atoms with Gasteiger partial charge in [-0.2, -0.15) is 9.40 Å². The molecule has 2 heterocycles. The van der Waals surface area contributed by atoms with Gasteiger partial charge in [0.15, 0.2) is 5.69 Å². The molecule has 3 aromatic rings. The number of nitrogens with zero attached hydrogens (tertiary/aromatic N) is 3. The molecule has 178 valence electrons. The van der Waals surface area contributed by atoms with Gasteiger partial charge >= 0.3 is 0 Å². The van der Waals surface area contributed by atoms with E-state index < -0.39 is 27.2 Å². The predicted molar refractivity (Wildman–Crippen MR) is 123 cm³/mol. The molecule has 1 aromatic heterocycles. The fraction of sp³-hybridized carbons (Fsp3) is 0.261. The van der Waals surface area contributed by atoms with Crippen LogP contribution in [0.4, 0.5) is 10.1 Å². The van der Waals surface area contributed by atoms with Gasteiger partial charge in [0.05, 0.1) is 22.8 Å². The quantitative estimate of drug-likeness (QED) is 0.593. The number of hydrogen-bond acceptors (Lipinski definition) is 6. The third-order valence-electron chi connectivity index (χ3n) is 5.25. The molecule has 0 aliphatic carbocycles. The molecule has 0 spiro atoms. The van der Waals surface area contributed by atoms with Gasteiger partial charge in [0.1, 0.15) is 5.82 Å². The van der Waals surface area contributed by atoms with Crippen LogP contribution in [0.5, 0.6) is 0 Å². The monoisotopic (exact) mass is 486 g/mol. The third kappa shape index (κ3) is 5.06. The van der Waals surface area contributed by atoms with Gasteiger partial charge in [-0.3, -0.25) is 9.59 Å². The smallest absolute Gasteiger partial charge is 0.280 e. The van der Waals surface area contributed by atoms with E-state index in [0.29, 0.717) is 11.4 Å². The Labute approximate surface area is 195 Å². The highest BCUT2D eigenvalue weighted by Crippen LogP contribution is 2.22. The first kappa shape index (κ1) is 23.7. The van der Waals surface area contributed by atoms with Crippen molar-refractivity contribution in [2.45, 2.75) is 31.0 Å². The van der Waals surface area contributed by atoms with Gasteiger partial charge in [-0.15, -0.1) is 0 Å². The lowest BCUT2D eigenvalue weighted by molar-refractivity contribution is -0.0440. The average Bonchev–Trinajstić information content (AvgIpc) is 2.79. The van der Waals surface area contributed by atoms with Crippen LogP contribution in [0.25, 0.3) is 5.69 Å². The SMILES string of the molecule is C[C@@H]1CN(S(=O)(=O)c2ccc(NC(=O)c3nn(-c4ccc(F)cc4)ccc3=O)cc2)C[C@@H](C)O1. The van der Waals surface area contributed by atoms with Gasteiger partial charge in [-0.1, -0.05) is 0 Å². The summed E-state index contributed by atoms with van der Waals surface area (Å²) in [5, 5.41) is 6.61. The highest BCUT2D eigenvalue weighted by Gasteiger charge is 2.32. The number of sulfonamides is 1. The summed E-state index contributed by atoms with van der Waals surface area (Å²) in [6.45, 7) is 4.15. The Balaban J connectivity index is 1.52. The Bertz CT molecular complexity index is 1350. The number of carbonyl (C=O) groups excluding carboxylic acids is 1. The molecule has 1 aliphatic rings. The largest absolute Gasteiger partial charge is 0.373 e. The van der Waals surface area contributed by atoms with Crippen molar-refractivity contribution >= 4 is 21.6 Å². The summed E-state index contributed by atoms with van der Waals surface area (Å²) in [6.07, 6.45) is 0.947. The van der Waals surface area contributed by atoms with E-state index in [2.05, 4.69) is 10.4 Å². The topological polar surface area (TPSA) is 111 Å². The van der Waals surface area contributed by atoms with Crippen LogP contribution in [0, 0.1) is 5.82 Å². The van der Waals surface area contributed by atoms with Crippen LogP contribution >= 0.6 is 0 Å². The van der Waals surface area contributed by atoms with Crippen LogP contribution in [0.1, 0.15) is 24.3 Å². The van der Waals surface area contributed by atoms with E-state index in [1.165, 1.54) is 69.8 Å². The van der Waals surface area contributed by atoms with Crippen LogP contribution in [0.3, 0.4) is 0 Å². The molecule has 9 nitrogen and oxygen atoms in total. The van der Waals surface area contributed by atoms with Crippen LogP contribution in [-0.2, 0) is 14.8 Å². The van der Waals surface area contributed by atoms with E-state index in [0.717, 1.165) is 0 Å². The first-order chi connectivity index (χ1) is 16.1. The molecule has 1 fully saturated rings. The molecule has 4 rings (SSSR count). The van der Waals surface area contributed by atoms with E-state index in [-0.39, 0.29) is 35.9 Å². The first-order valence-corrected chi connectivity index (χ1v) is 12.0. The zero-order valence-corrected chi connectivity index (χ0v) is 19.3. The molecule has 2 aromatic carbocycles. The summed E-state index contributed by atoms with van der Waals surface area (Å²) in [6, 6.07) is 12.3. The lowest BCUT2D eigenvalue weighted by Crippen LogP contribution is -2.48. The summed E-state index contributed by atoms with van der Waals surface area (Å²) >= 11 is 0. The molecule has 0 unspecified atom stereocenters. The first-order valence-electron chi connectivity index (χ1n) is 10.6. The predicted octanol–water partition coefficient (Wildman–Crippen LogP) is 2.42. The maximum absolute atomic E-state index is 13.2. The molecule has 0 radical (unpaired) electrons. The van der Waals surface area contributed by atoms with Crippen LogP contribution in [0.2, 0.25) is 0 Å². The minimum absolute atomic E-state index is 0.0864. The lowest BCUT2D eigenvalue weighted by Gasteiger charge is -2.34. The van der Waals surface area contributed by atoms with Crippen molar-refractivity contribution in [1.82, 2.24) is 14.1 Å². The molecule has 34 heavy (non-hydrogen) atoms. The maximum atomic E-state index is 13.2. The number of rotatable bonds is 5. The summed E-state index contributed by atoms with van der Waals surface area (Å²) in [5.41, 5.74) is -0.187. The minimum atomic E-state index is -3.72. The Morgan fingerprint density at radius 3 is 2.26 bits per heavy atom. The van der Waals surface area contributed by atoms with Gasteiger partial charge in [-0.25, -0.2) is 17.5 Å². The molecular formula is C23H23FN4O5S. The second-order valence-electron chi connectivity index (χ2n) is 8.01. The minimum Gasteiger partial charge on any atom is -0.373 e. The van der Waals surface area contributed by atoms with Crippen LogP contribution in [0.15, 0.2) is 70.5 Å². The van der Waals surface area contributed by atoms with Crippen LogP contribution < -0.4 is 10.7 Å². The van der Waals surface area contributed by atoms with E-state index in [1.54, 1.807) is 0 Å². The number of aromatic nitrogens is 2. The van der Waals surface area contributed by atoms with Crippen molar-refractivity contribution in [3.8, 4) is 5.69 Å². The van der Waals surface area contributed by atoms with E-state index in [4.69, 9.17) is 4.74 Å². The van der Waals surface area contributed by atoms with E-state index >= 15 is 0 Å². The molecular weight excluding hydrogens is 463 g/mol. The zero-order chi connectivity index (χ0) is 24.5. The molecule has 2 atom stereocenters. The van der Waals surface area contributed by atoms with Crippen molar-refractivity contribution in [3.05, 3.63) is 82.5 Å². The molecule has 11 heteroatoms. The standard InChI is InChI=1S/C23H23FN4O5S/c1-15-13-27(14-16(2)33-15)34(31,32)20-9-5-18(6-10-20)25-23(30)22-21(29)11-12-28(26-22)19-7-3-17(24)4-8-19/h3-12,15-16H,13-14H2,1-2H3,(H,25,30)/t15-,16-/m1/s1. The highest BCUT2D eigenvalue weighted by molar-refractivity contribution is 7.89. The molecule has 1 aliphatic heterocycles. The van der Waals surface area contributed by atoms with Gasteiger partial charge < -0.3 is 10.1 Å². The molecule has 1 N–H and O–H groups in total. The van der Waals surface area contributed by atoms with Crippen molar-refractivity contribution in [2.75, 3.05) is 18.4 Å². The third-order valence-corrected chi connectivity index (χ3v) is 7.10. The maximum Gasteiger partial charge on any atom is 0.280 e. The summed E-state index contributed by atoms with van der Waals surface area (Å²) < 4.78 is 47.4. The summed E-state index contributed by atoms with van der Waals surface area (Å²) in [5.74, 6) is -1.18. The normalized spacial score (nSPS) is 19.0. The number of amides is 1. The second kappa shape index (κ2) is 9.45. The van der Waals surface area contributed by atoms with Gasteiger partial charge in [0, 0.05) is 31.0 Å². The van der Waals surface area contributed by atoms with Crippen LogP contribution in [-0.4, -0.2) is 53.7 Å². The van der Waals surface area contributed by atoms with E-state index in [1.807, 2.05) is 13.8 Å². The number of anilines is 1. The van der Waals surface area contributed by atoms with Crippen molar-refractivity contribution in [1.29, 1.82) is 0 Å². The Kier molecular flexibility index (Phi) is 6.60. The van der Waals surface area contributed by atoms with Crippen molar-refractivity contribution < 1.29 is 22.3 Å². The van der Waals surface area contributed by atoms with Crippen molar-refractivity contribution in [3.63, 3.8) is 0 Å². The van der Waals surface area contributed by atoms with Gasteiger partial charge in [0.25, 0.3) is 5.91 Å². The number of ether oxygens (including phenoxy) is 1. The molecule has 1 saturated heterocycles. The highest BCUT2D eigenvalue weighted by atomic mass is 32.2. The average molecular weight is 487 g/mol. The Morgan fingerprint density at radius 2 is 1.65 bits per heavy atom. The number of nitrogens with one attached hydrogen (secondary N) is 1. The van der Waals surface area contributed by atoms with Gasteiger partial charge in [0.2, 0.25) is 15.5 Å². The molecule has 0 bridgehead atoms. The summed E-state index contributed by atoms with van der Waals surface area (Å²) in [7, 11) is -3.72. The number of halogens is 1. The van der Waals surface area contributed by atoms with E-state index in [9.17, 15) is 22.4 Å².